The summed E-state index contributed by atoms with van der Waals surface area (Å²) in [6.07, 6.45) is 0.0665. The number of carbonyl (C=O) groups is 2. The van der Waals surface area contributed by atoms with E-state index in [4.69, 9.17) is 0 Å². The zero-order valence-electron chi connectivity index (χ0n) is 12.2. The van der Waals surface area contributed by atoms with E-state index in [1.165, 1.54) is 0 Å². The third kappa shape index (κ3) is 6.73. The van der Waals surface area contributed by atoms with E-state index >= 15 is 0 Å². The third-order valence-electron chi connectivity index (χ3n) is 2.81. The maximum Gasteiger partial charge on any atom is 0.252 e. The highest BCUT2D eigenvalue weighted by molar-refractivity contribution is 9.10. The Morgan fingerprint density at radius 1 is 1.24 bits per heavy atom. The molecule has 5 nitrogen and oxygen atoms in total. The SMILES string of the molecule is CC(C)CC(O)CNC(=O)CNC(=O)c1ccccc1Br. The Morgan fingerprint density at radius 2 is 1.90 bits per heavy atom. The van der Waals surface area contributed by atoms with Crippen molar-refractivity contribution in [1.29, 1.82) is 0 Å². The van der Waals surface area contributed by atoms with Crippen LogP contribution in [0.3, 0.4) is 0 Å². The summed E-state index contributed by atoms with van der Waals surface area (Å²) in [5.74, 6) is -0.273. The predicted octanol–water partition coefficient (Wildman–Crippen LogP) is 1.70. The predicted molar refractivity (Wildman–Crippen MR) is 84.9 cm³/mol. The molecule has 0 aromatic heterocycles. The number of aliphatic hydroxyl groups excluding tert-OH is 1. The fraction of sp³-hybridized carbons (Fsp3) is 0.467. The first-order valence-electron chi connectivity index (χ1n) is 6.87. The molecular weight excluding hydrogens is 336 g/mol. The van der Waals surface area contributed by atoms with Gasteiger partial charge in [0.05, 0.1) is 18.2 Å². The van der Waals surface area contributed by atoms with Gasteiger partial charge in [0.2, 0.25) is 5.91 Å². The Bertz CT molecular complexity index is 492. The van der Waals surface area contributed by atoms with Gasteiger partial charge in [-0.25, -0.2) is 0 Å². The molecule has 21 heavy (non-hydrogen) atoms. The summed E-state index contributed by atoms with van der Waals surface area (Å²) in [4.78, 5) is 23.5. The van der Waals surface area contributed by atoms with Crippen LogP contribution in [0.1, 0.15) is 30.6 Å². The fourth-order valence-electron chi connectivity index (χ4n) is 1.82. The number of carbonyl (C=O) groups excluding carboxylic acids is 2. The van der Waals surface area contributed by atoms with Gasteiger partial charge in [0.15, 0.2) is 0 Å². The molecule has 0 aliphatic heterocycles. The molecule has 0 saturated carbocycles. The van der Waals surface area contributed by atoms with E-state index in [-0.39, 0.29) is 24.9 Å². The van der Waals surface area contributed by atoms with Gasteiger partial charge in [-0.1, -0.05) is 26.0 Å². The lowest BCUT2D eigenvalue weighted by Gasteiger charge is -2.14. The van der Waals surface area contributed by atoms with Crippen molar-refractivity contribution >= 4 is 27.7 Å². The van der Waals surface area contributed by atoms with E-state index in [1.54, 1.807) is 18.2 Å². The van der Waals surface area contributed by atoms with Gasteiger partial charge in [-0.2, -0.15) is 0 Å². The van der Waals surface area contributed by atoms with Gasteiger partial charge >= 0.3 is 0 Å². The number of aliphatic hydroxyl groups is 1. The monoisotopic (exact) mass is 356 g/mol. The van der Waals surface area contributed by atoms with Crippen LogP contribution in [0.4, 0.5) is 0 Å². The molecule has 0 saturated heterocycles. The topological polar surface area (TPSA) is 78.4 Å². The van der Waals surface area contributed by atoms with Crippen LogP contribution < -0.4 is 10.6 Å². The molecule has 1 atom stereocenters. The van der Waals surface area contributed by atoms with E-state index in [9.17, 15) is 14.7 Å². The largest absolute Gasteiger partial charge is 0.391 e. The number of nitrogens with one attached hydrogen (secondary N) is 2. The van der Waals surface area contributed by atoms with Crippen LogP contribution in [0.25, 0.3) is 0 Å². The van der Waals surface area contributed by atoms with Crippen molar-refractivity contribution in [2.75, 3.05) is 13.1 Å². The van der Waals surface area contributed by atoms with Gasteiger partial charge in [-0.05, 0) is 40.4 Å². The van der Waals surface area contributed by atoms with E-state index in [2.05, 4.69) is 26.6 Å². The molecule has 1 aromatic rings. The highest BCUT2D eigenvalue weighted by Gasteiger charge is 2.12. The van der Waals surface area contributed by atoms with Gasteiger partial charge in [-0.15, -0.1) is 0 Å². The zero-order chi connectivity index (χ0) is 15.8. The number of rotatable bonds is 7. The second-order valence-corrected chi connectivity index (χ2v) is 6.10. The number of hydrogen-bond acceptors (Lipinski definition) is 3. The lowest BCUT2D eigenvalue weighted by Crippen LogP contribution is -2.40. The van der Waals surface area contributed by atoms with Gasteiger partial charge in [0.1, 0.15) is 0 Å². The summed E-state index contributed by atoms with van der Waals surface area (Å²) in [7, 11) is 0. The molecule has 6 heteroatoms. The van der Waals surface area contributed by atoms with Crippen molar-refractivity contribution in [2.45, 2.75) is 26.4 Å². The lowest BCUT2D eigenvalue weighted by molar-refractivity contribution is -0.120. The van der Waals surface area contributed by atoms with Crippen molar-refractivity contribution in [3.05, 3.63) is 34.3 Å². The van der Waals surface area contributed by atoms with Crippen LogP contribution in [0.2, 0.25) is 0 Å². The van der Waals surface area contributed by atoms with Crippen molar-refractivity contribution in [3.8, 4) is 0 Å². The van der Waals surface area contributed by atoms with Crippen molar-refractivity contribution in [2.24, 2.45) is 5.92 Å². The van der Waals surface area contributed by atoms with Crippen LogP contribution in [0.5, 0.6) is 0 Å². The van der Waals surface area contributed by atoms with Crippen LogP contribution in [-0.4, -0.2) is 36.1 Å². The van der Waals surface area contributed by atoms with Crippen LogP contribution in [0, 0.1) is 5.92 Å². The van der Waals surface area contributed by atoms with Gasteiger partial charge in [0.25, 0.3) is 5.91 Å². The first kappa shape index (κ1) is 17.7. The molecule has 0 spiro atoms. The Labute approximate surface area is 133 Å². The van der Waals surface area contributed by atoms with Crippen LogP contribution in [-0.2, 0) is 4.79 Å². The summed E-state index contributed by atoms with van der Waals surface area (Å²) in [5, 5.41) is 14.8. The lowest BCUT2D eigenvalue weighted by atomic mass is 10.1. The molecule has 0 aliphatic rings. The summed E-state index contributed by atoms with van der Waals surface area (Å²) < 4.78 is 0.676. The molecule has 1 aromatic carbocycles. The molecule has 0 bridgehead atoms. The molecule has 0 fully saturated rings. The Kier molecular flexibility index (Phi) is 7.39. The molecule has 0 aliphatic carbocycles. The minimum absolute atomic E-state index is 0.117. The maximum absolute atomic E-state index is 11.9. The minimum atomic E-state index is -0.562. The molecule has 1 unspecified atom stereocenters. The Hall–Kier alpha value is -1.40. The van der Waals surface area contributed by atoms with Gasteiger partial charge in [-0.3, -0.25) is 9.59 Å². The quantitative estimate of drug-likeness (QED) is 0.695. The fourth-order valence-corrected chi connectivity index (χ4v) is 2.29. The molecule has 116 valence electrons. The van der Waals surface area contributed by atoms with Crippen molar-refractivity contribution in [3.63, 3.8) is 0 Å². The second kappa shape index (κ2) is 8.79. The van der Waals surface area contributed by atoms with Crippen LogP contribution in [0.15, 0.2) is 28.7 Å². The average molecular weight is 357 g/mol. The molecular formula is C15H21BrN2O3. The number of halogens is 1. The average Bonchev–Trinajstić information content (AvgIpc) is 2.42. The Balaban J connectivity index is 2.33. The third-order valence-corrected chi connectivity index (χ3v) is 3.50. The van der Waals surface area contributed by atoms with Crippen molar-refractivity contribution in [1.82, 2.24) is 10.6 Å². The van der Waals surface area contributed by atoms with Gasteiger partial charge < -0.3 is 15.7 Å². The van der Waals surface area contributed by atoms with E-state index in [0.717, 1.165) is 0 Å². The number of hydrogen-bond donors (Lipinski definition) is 3. The summed E-state index contributed by atoms with van der Waals surface area (Å²) in [6.45, 7) is 4.09. The molecule has 1 rings (SSSR count). The van der Waals surface area contributed by atoms with E-state index in [0.29, 0.717) is 22.4 Å². The Morgan fingerprint density at radius 3 is 2.52 bits per heavy atom. The summed E-state index contributed by atoms with van der Waals surface area (Å²) in [5.41, 5.74) is 0.477. The molecule has 0 radical (unpaired) electrons. The first-order chi connectivity index (χ1) is 9.90. The molecule has 2 amide bonds. The summed E-state index contributed by atoms with van der Waals surface area (Å²) >= 11 is 3.28. The molecule has 3 N–H and O–H groups in total. The highest BCUT2D eigenvalue weighted by atomic mass is 79.9. The smallest absolute Gasteiger partial charge is 0.252 e. The van der Waals surface area contributed by atoms with E-state index < -0.39 is 6.10 Å². The summed E-state index contributed by atoms with van der Waals surface area (Å²) in [6, 6.07) is 6.99. The normalized spacial score (nSPS) is 12.0. The van der Waals surface area contributed by atoms with E-state index in [1.807, 2.05) is 19.9 Å². The maximum atomic E-state index is 11.9. The van der Waals surface area contributed by atoms with Gasteiger partial charge in [0, 0.05) is 11.0 Å². The molecule has 0 heterocycles. The van der Waals surface area contributed by atoms with Crippen LogP contribution >= 0.6 is 15.9 Å². The van der Waals surface area contributed by atoms with Crippen molar-refractivity contribution < 1.29 is 14.7 Å². The zero-order valence-corrected chi connectivity index (χ0v) is 13.8. The first-order valence-corrected chi connectivity index (χ1v) is 7.67. The second-order valence-electron chi connectivity index (χ2n) is 5.25. The highest BCUT2D eigenvalue weighted by Crippen LogP contribution is 2.15. The standard InChI is InChI=1S/C15H21BrN2O3/c1-10(2)7-11(19)8-17-14(20)9-18-15(21)12-5-3-4-6-13(12)16/h3-6,10-11,19H,7-9H2,1-2H3,(H,17,20)(H,18,21). The number of benzene rings is 1. The minimum Gasteiger partial charge on any atom is -0.391 e. The number of amides is 2.